The van der Waals surface area contributed by atoms with Gasteiger partial charge in [-0.1, -0.05) is 26.2 Å². The zero-order chi connectivity index (χ0) is 13.9. The van der Waals surface area contributed by atoms with Crippen LogP contribution in [0.25, 0.3) is 0 Å². The van der Waals surface area contributed by atoms with Crippen LogP contribution in [0, 0.1) is 18.3 Å². The average Bonchev–Trinajstić information content (AvgIpc) is 2.46. The second-order valence-electron chi connectivity index (χ2n) is 5.62. The van der Waals surface area contributed by atoms with E-state index in [2.05, 4.69) is 25.1 Å². The van der Waals surface area contributed by atoms with Gasteiger partial charge in [-0.15, -0.1) is 12.3 Å². The van der Waals surface area contributed by atoms with Crippen LogP contribution in [0.2, 0.25) is 0 Å². The zero-order valence-electron chi connectivity index (χ0n) is 12.8. The molecule has 0 aromatic heterocycles. The lowest BCUT2D eigenvalue weighted by Gasteiger charge is -2.36. The van der Waals surface area contributed by atoms with Crippen molar-refractivity contribution in [2.24, 2.45) is 5.92 Å². The molecule has 19 heavy (non-hydrogen) atoms. The summed E-state index contributed by atoms with van der Waals surface area (Å²) in [7, 11) is 0. The van der Waals surface area contributed by atoms with Crippen LogP contribution in [-0.2, 0) is 4.74 Å². The molecular formula is C17H31NO. The van der Waals surface area contributed by atoms with Crippen LogP contribution in [0.15, 0.2) is 0 Å². The Hall–Kier alpha value is -0.520. The van der Waals surface area contributed by atoms with Crippen LogP contribution in [0.5, 0.6) is 0 Å². The van der Waals surface area contributed by atoms with E-state index in [0.717, 1.165) is 38.3 Å². The molecule has 0 aromatic rings. The van der Waals surface area contributed by atoms with Gasteiger partial charge < -0.3 is 10.1 Å². The van der Waals surface area contributed by atoms with Crippen molar-refractivity contribution in [3.05, 3.63) is 0 Å². The number of rotatable bonds is 9. The van der Waals surface area contributed by atoms with Gasteiger partial charge in [-0.05, 0) is 45.1 Å². The van der Waals surface area contributed by atoms with Gasteiger partial charge in [0.1, 0.15) is 0 Å². The molecule has 0 aromatic carbocycles. The Bertz CT molecular complexity index is 252. The average molecular weight is 265 g/mol. The second-order valence-corrected chi connectivity index (χ2v) is 5.62. The molecular weight excluding hydrogens is 234 g/mol. The molecule has 1 aliphatic rings. The Morgan fingerprint density at radius 3 is 2.58 bits per heavy atom. The highest BCUT2D eigenvalue weighted by molar-refractivity contribution is 4.90. The van der Waals surface area contributed by atoms with E-state index in [0.29, 0.717) is 12.1 Å². The highest BCUT2D eigenvalue weighted by Gasteiger charge is 2.30. The first-order valence-corrected chi connectivity index (χ1v) is 8.11. The summed E-state index contributed by atoms with van der Waals surface area (Å²) in [4.78, 5) is 0. The highest BCUT2D eigenvalue weighted by Crippen LogP contribution is 2.30. The van der Waals surface area contributed by atoms with E-state index in [1.807, 2.05) is 0 Å². The zero-order valence-corrected chi connectivity index (χ0v) is 12.8. The minimum absolute atomic E-state index is 0.352. The Morgan fingerprint density at radius 2 is 2.00 bits per heavy atom. The minimum atomic E-state index is 0.352. The maximum Gasteiger partial charge on any atom is 0.0756 e. The quantitative estimate of drug-likeness (QED) is 0.641. The third-order valence-corrected chi connectivity index (χ3v) is 4.13. The maximum atomic E-state index is 6.11. The molecule has 0 spiro atoms. The topological polar surface area (TPSA) is 21.3 Å². The Kier molecular flexibility index (Phi) is 8.95. The van der Waals surface area contributed by atoms with Gasteiger partial charge in [0.2, 0.25) is 0 Å². The number of terminal acetylenes is 1. The highest BCUT2D eigenvalue weighted by atomic mass is 16.5. The third kappa shape index (κ3) is 5.97. The van der Waals surface area contributed by atoms with Crippen molar-refractivity contribution >= 4 is 0 Å². The maximum absolute atomic E-state index is 6.11. The van der Waals surface area contributed by atoms with Crippen molar-refractivity contribution in [3.8, 4) is 12.3 Å². The predicted octanol–water partition coefficient (Wildman–Crippen LogP) is 3.75. The molecule has 2 unspecified atom stereocenters. The van der Waals surface area contributed by atoms with Gasteiger partial charge in [0.05, 0.1) is 6.10 Å². The summed E-state index contributed by atoms with van der Waals surface area (Å²) in [5, 5.41) is 3.67. The molecule has 0 radical (unpaired) electrons. The molecule has 2 nitrogen and oxygen atoms in total. The molecule has 1 aliphatic carbocycles. The first-order chi connectivity index (χ1) is 9.33. The van der Waals surface area contributed by atoms with Crippen LogP contribution in [0.4, 0.5) is 0 Å². The largest absolute Gasteiger partial charge is 0.377 e. The normalized spacial score (nSPS) is 19.8. The van der Waals surface area contributed by atoms with E-state index in [1.54, 1.807) is 0 Å². The van der Waals surface area contributed by atoms with Crippen LogP contribution >= 0.6 is 0 Å². The summed E-state index contributed by atoms with van der Waals surface area (Å²) >= 11 is 0. The van der Waals surface area contributed by atoms with Crippen LogP contribution in [-0.4, -0.2) is 25.3 Å². The van der Waals surface area contributed by atoms with E-state index in [1.165, 1.54) is 32.1 Å². The minimum Gasteiger partial charge on any atom is -0.377 e. The fraction of sp³-hybridized carbons (Fsp3) is 0.882. The molecule has 1 fully saturated rings. The summed E-state index contributed by atoms with van der Waals surface area (Å²) < 4.78 is 6.11. The first-order valence-electron chi connectivity index (χ1n) is 8.11. The lowest BCUT2D eigenvalue weighted by atomic mass is 9.81. The molecule has 1 N–H and O–H groups in total. The molecule has 110 valence electrons. The molecule has 0 heterocycles. The SMILES string of the molecule is C#CCCC(NCCC)C(OCC)C1CCCCC1. The molecule has 0 bridgehead atoms. The van der Waals surface area contributed by atoms with E-state index in [-0.39, 0.29) is 0 Å². The molecule has 0 amide bonds. The molecule has 0 aliphatic heterocycles. The smallest absolute Gasteiger partial charge is 0.0756 e. The van der Waals surface area contributed by atoms with Crippen molar-refractivity contribution < 1.29 is 4.74 Å². The summed E-state index contributed by atoms with van der Waals surface area (Å²) in [6, 6.07) is 0.430. The van der Waals surface area contributed by atoms with Gasteiger partial charge in [-0.25, -0.2) is 0 Å². The third-order valence-electron chi connectivity index (χ3n) is 4.13. The van der Waals surface area contributed by atoms with Crippen molar-refractivity contribution in [1.29, 1.82) is 0 Å². The number of hydrogen-bond acceptors (Lipinski definition) is 2. The number of ether oxygens (including phenoxy) is 1. The van der Waals surface area contributed by atoms with Crippen LogP contribution in [0.1, 0.15) is 65.2 Å². The monoisotopic (exact) mass is 265 g/mol. The first kappa shape index (κ1) is 16.5. The fourth-order valence-electron chi connectivity index (χ4n) is 3.19. The lowest BCUT2D eigenvalue weighted by Crippen LogP contribution is -2.46. The predicted molar refractivity (Wildman–Crippen MR) is 82.1 cm³/mol. The van der Waals surface area contributed by atoms with Gasteiger partial charge in [-0.2, -0.15) is 0 Å². The second kappa shape index (κ2) is 10.3. The van der Waals surface area contributed by atoms with Crippen molar-refractivity contribution in [1.82, 2.24) is 5.32 Å². The Balaban J connectivity index is 2.62. The molecule has 2 atom stereocenters. The van der Waals surface area contributed by atoms with Crippen LogP contribution in [0.3, 0.4) is 0 Å². The van der Waals surface area contributed by atoms with Gasteiger partial charge >= 0.3 is 0 Å². The fourth-order valence-corrected chi connectivity index (χ4v) is 3.19. The van der Waals surface area contributed by atoms with Crippen LogP contribution < -0.4 is 5.32 Å². The number of hydrogen-bond donors (Lipinski definition) is 1. The summed E-state index contributed by atoms with van der Waals surface area (Å²) in [5.41, 5.74) is 0. The Labute approximate surface area is 119 Å². The number of nitrogens with one attached hydrogen (secondary N) is 1. The van der Waals surface area contributed by atoms with E-state index in [9.17, 15) is 0 Å². The van der Waals surface area contributed by atoms with E-state index < -0.39 is 0 Å². The molecule has 1 rings (SSSR count). The van der Waals surface area contributed by atoms with E-state index in [4.69, 9.17) is 11.2 Å². The summed E-state index contributed by atoms with van der Waals surface area (Å²) in [6.07, 6.45) is 15.6. The summed E-state index contributed by atoms with van der Waals surface area (Å²) in [5.74, 6) is 3.50. The Morgan fingerprint density at radius 1 is 1.26 bits per heavy atom. The van der Waals surface area contributed by atoms with Crippen molar-refractivity contribution in [2.75, 3.05) is 13.2 Å². The molecule has 1 saturated carbocycles. The van der Waals surface area contributed by atoms with Crippen molar-refractivity contribution in [2.45, 2.75) is 77.4 Å². The molecule has 0 saturated heterocycles. The van der Waals surface area contributed by atoms with Gasteiger partial charge in [0.25, 0.3) is 0 Å². The summed E-state index contributed by atoms with van der Waals surface area (Å²) in [6.45, 7) is 6.18. The molecule has 2 heteroatoms. The van der Waals surface area contributed by atoms with Crippen molar-refractivity contribution in [3.63, 3.8) is 0 Å². The standard InChI is InChI=1S/C17H31NO/c1-4-7-13-16(18-14-5-2)17(19-6-3)15-11-9-8-10-12-15/h1,15-18H,5-14H2,2-3H3. The van der Waals surface area contributed by atoms with Gasteiger partial charge in [-0.3, -0.25) is 0 Å². The van der Waals surface area contributed by atoms with Gasteiger partial charge in [0, 0.05) is 19.1 Å². The lowest BCUT2D eigenvalue weighted by molar-refractivity contribution is -0.0190. The van der Waals surface area contributed by atoms with E-state index >= 15 is 0 Å². The van der Waals surface area contributed by atoms with Gasteiger partial charge in [0.15, 0.2) is 0 Å².